The van der Waals surface area contributed by atoms with Crippen molar-refractivity contribution in [1.82, 2.24) is 4.57 Å². The molecule has 0 spiro atoms. The van der Waals surface area contributed by atoms with Gasteiger partial charge >= 0.3 is 5.97 Å². The van der Waals surface area contributed by atoms with Crippen molar-refractivity contribution >= 4 is 11.8 Å². The number of rotatable bonds is 10. The van der Waals surface area contributed by atoms with E-state index in [1.54, 1.807) is 13.2 Å². The van der Waals surface area contributed by atoms with E-state index in [-0.39, 0.29) is 29.9 Å². The number of hydrogen-bond acceptors (Lipinski definition) is 6. The molecule has 0 radical (unpaired) electrons. The van der Waals surface area contributed by atoms with Gasteiger partial charge in [0.2, 0.25) is 0 Å². The first kappa shape index (κ1) is 23.5. The zero-order valence-corrected chi connectivity index (χ0v) is 18.8. The molecular weight excluding hydrogens is 414 g/mol. The minimum atomic E-state index is -1.25. The molecule has 172 valence electrons. The highest BCUT2D eigenvalue weighted by Gasteiger charge is 2.29. The van der Waals surface area contributed by atoms with E-state index in [1.165, 1.54) is 19.2 Å². The van der Waals surface area contributed by atoms with Crippen molar-refractivity contribution in [3.8, 4) is 22.8 Å². The third-order valence-electron chi connectivity index (χ3n) is 5.49. The lowest BCUT2D eigenvalue weighted by Crippen LogP contribution is -2.28. The van der Waals surface area contributed by atoms with Gasteiger partial charge < -0.3 is 23.9 Å². The predicted octanol–water partition coefficient (Wildman–Crippen LogP) is 3.35. The summed E-state index contributed by atoms with van der Waals surface area (Å²) in [5, 5.41) is 9.42. The maximum Gasteiger partial charge on any atom is 0.341 e. The number of Topliss-reactive ketones (excluding diaryl/α,β-unsaturated/α-hetero) is 1. The highest BCUT2D eigenvalue weighted by Crippen LogP contribution is 2.42. The SMILES string of the molecule is COCCCOc1cc2c(cc1OCC(C)=O)-c1cc(=O)c(C(=O)O)cn1C(C(C)C)C2. The number of methoxy groups -OCH3 is 1. The van der Waals surface area contributed by atoms with Gasteiger partial charge in [-0.15, -0.1) is 0 Å². The molecule has 1 N–H and O–H groups in total. The van der Waals surface area contributed by atoms with Crippen LogP contribution in [0.25, 0.3) is 11.3 Å². The van der Waals surface area contributed by atoms with E-state index in [0.717, 1.165) is 11.1 Å². The maximum atomic E-state index is 12.5. The fourth-order valence-electron chi connectivity index (χ4n) is 3.88. The lowest BCUT2D eigenvalue weighted by molar-refractivity contribution is -0.118. The summed E-state index contributed by atoms with van der Waals surface area (Å²) in [6.07, 6.45) is 2.77. The first-order chi connectivity index (χ1) is 15.2. The molecule has 1 unspecified atom stereocenters. The molecule has 1 aromatic heterocycles. The molecule has 1 aromatic carbocycles. The number of hydrogen-bond donors (Lipinski definition) is 1. The molecule has 1 aliphatic rings. The number of aromatic nitrogens is 1. The molecule has 0 bridgehead atoms. The quantitative estimate of drug-likeness (QED) is 0.562. The number of pyridine rings is 1. The van der Waals surface area contributed by atoms with Crippen LogP contribution in [0.4, 0.5) is 0 Å². The Bertz CT molecular complexity index is 1070. The average molecular weight is 443 g/mol. The monoisotopic (exact) mass is 443 g/mol. The van der Waals surface area contributed by atoms with E-state index in [2.05, 4.69) is 13.8 Å². The number of aromatic carboxylic acids is 1. The van der Waals surface area contributed by atoms with Gasteiger partial charge in [-0.2, -0.15) is 0 Å². The number of carboxylic acids is 1. The lowest BCUT2D eigenvalue weighted by Gasteiger charge is -2.34. The fourth-order valence-corrected chi connectivity index (χ4v) is 3.88. The van der Waals surface area contributed by atoms with Crippen molar-refractivity contribution < 1.29 is 28.9 Å². The number of carbonyl (C=O) groups is 2. The van der Waals surface area contributed by atoms with Crippen LogP contribution >= 0.6 is 0 Å². The van der Waals surface area contributed by atoms with Gasteiger partial charge in [-0.3, -0.25) is 9.59 Å². The fraction of sp³-hybridized carbons (Fsp3) is 0.458. The van der Waals surface area contributed by atoms with Crippen LogP contribution in [0.2, 0.25) is 0 Å². The first-order valence-corrected chi connectivity index (χ1v) is 10.6. The Balaban J connectivity index is 2.12. The third kappa shape index (κ3) is 5.02. The zero-order chi connectivity index (χ0) is 23.4. The van der Waals surface area contributed by atoms with Crippen molar-refractivity contribution in [2.45, 2.75) is 39.7 Å². The van der Waals surface area contributed by atoms with Crippen LogP contribution in [0.5, 0.6) is 11.5 Å². The van der Waals surface area contributed by atoms with Crippen LogP contribution in [0.15, 0.2) is 29.2 Å². The number of ketones is 1. The summed E-state index contributed by atoms with van der Waals surface area (Å²) in [4.78, 5) is 35.5. The van der Waals surface area contributed by atoms with Crippen LogP contribution in [-0.4, -0.2) is 48.4 Å². The van der Waals surface area contributed by atoms with Gasteiger partial charge in [-0.05, 0) is 37.0 Å². The molecule has 0 aliphatic carbocycles. The van der Waals surface area contributed by atoms with Gasteiger partial charge in [0.05, 0.1) is 12.3 Å². The predicted molar refractivity (Wildman–Crippen MR) is 119 cm³/mol. The van der Waals surface area contributed by atoms with E-state index in [0.29, 0.717) is 43.2 Å². The number of fused-ring (bicyclic) bond motifs is 3. The first-order valence-electron chi connectivity index (χ1n) is 10.6. The summed E-state index contributed by atoms with van der Waals surface area (Å²) in [6.45, 7) is 6.44. The van der Waals surface area contributed by atoms with Crippen LogP contribution in [-0.2, 0) is 16.0 Å². The third-order valence-corrected chi connectivity index (χ3v) is 5.49. The Morgan fingerprint density at radius 3 is 2.50 bits per heavy atom. The molecule has 8 heteroatoms. The van der Waals surface area contributed by atoms with E-state index in [4.69, 9.17) is 14.2 Å². The lowest BCUT2D eigenvalue weighted by atomic mass is 9.87. The Morgan fingerprint density at radius 2 is 1.88 bits per heavy atom. The van der Waals surface area contributed by atoms with Gasteiger partial charge in [0, 0.05) is 44.0 Å². The minimum absolute atomic E-state index is 0.0264. The van der Waals surface area contributed by atoms with E-state index in [1.807, 2.05) is 10.6 Å². The minimum Gasteiger partial charge on any atom is -0.490 e. The summed E-state index contributed by atoms with van der Waals surface area (Å²) in [6, 6.07) is 5.00. The Kier molecular flexibility index (Phi) is 7.35. The highest BCUT2D eigenvalue weighted by atomic mass is 16.5. The van der Waals surface area contributed by atoms with Crippen molar-refractivity contribution in [3.05, 3.63) is 45.7 Å². The number of nitrogens with zero attached hydrogens (tertiary/aromatic N) is 1. The number of ether oxygens (including phenoxy) is 3. The number of carboxylic acid groups (broad SMARTS) is 1. The summed E-state index contributed by atoms with van der Waals surface area (Å²) in [5.74, 6) is -0.243. The van der Waals surface area contributed by atoms with Crippen LogP contribution in [0.3, 0.4) is 0 Å². The van der Waals surface area contributed by atoms with Gasteiger partial charge in [0.15, 0.2) is 22.7 Å². The van der Waals surface area contributed by atoms with Gasteiger partial charge in [0.1, 0.15) is 12.2 Å². The molecule has 8 nitrogen and oxygen atoms in total. The molecule has 2 heterocycles. The number of benzene rings is 1. The van der Waals surface area contributed by atoms with Crippen molar-refractivity contribution in [3.63, 3.8) is 0 Å². The second-order valence-electron chi connectivity index (χ2n) is 8.31. The molecular formula is C24H29NO7. The van der Waals surface area contributed by atoms with Crippen molar-refractivity contribution in [2.24, 2.45) is 5.92 Å². The van der Waals surface area contributed by atoms with E-state index >= 15 is 0 Å². The van der Waals surface area contributed by atoms with Gasteiger partial charge in [-0.25, -0.2) is 4.79 Å². The Labute approximate surface area is 186 Å². The normalized spacial score (nSPS) is 14.6. The zero-order valence-electron chi connectivity index (χ0n) is 18.8. The van der Waals surface area contributed by atoms with Crippen LogP contribution < -0.4 is 14.9 Å². The van der Waals surface area contributed by atoms with Crippen molar-refractivity contribution in [2.75, 3.05) is 26.9 Å². The van der Waals surface area contributed by atoms with Gasteiger partial charge in [0.25, 0.3) is 0 Å². The molecule has 0 saturated carbocycles. The second kappa shape index (κ2) is 9.99. The maximum absolute atomic E-state index is 12.5. The summed E-state index contributed by atoms with van der Waals surface area (Å²) in [5.41, 5.74) is 1.56. The Morgan fingerprint density at radius 1 is 1.16 bits per heavy atom. The molecule has 0 fully saturated rings. The molecule has 1 atom stereocenters. The summed E-state index contributed by atoms with van der Waals surface area (Å²) < 4.78 is 18.6. The van der Waals surface area contributed by atoms with Crippen molar-refractivity contribution in [1.29, 1.82) is 0 Å². The van der Waals surface area contributed by atoms with E-state index in [9.17, 15) is 19.5 Å². The molecule has 1 aliphatic heterocycles. The average Bonchev–Trinajstić information content (AvgIpc) is 2.73. The second-order valence-corrected chi connectivity index (χ2v) is 8.31. The van der Waals surface area contributed by atoms with Crippen LogP contribution in [0, 0.1) is 5.92 Å². The van der Waals surface area contributed by atoms with Crippen LogP contribution in [0.1, 0.15) is 49.2 Å². The van der Waals surface area contributed by atoms with Gasteiger partial charge in [-0.1, -0.05) is 13.8 Å². The number of carbonyl (C=O) groups excluding carboxylic acids is 1. The summed E-state index contributed by atoms with van der Waals surface area (Å²) in [7, 11) is 1.63. The topological polar surface area (TPSA) is 104 Å². The highest BCUT2D eigenvalue weighted by molar-refractivity contribution is 5.88. The standard InChI is InChI=1S/C24H29NO7/c1-14(2)19-8-16-9-22(31-7-5-6-30-4)23(32-13-15(3)26)10-17(16)20-11-21(27)18(24(28)29)12-25(19)20/h9-12,14,19H,5-8,13H2,1-4H3,(H,28,29). The Hall–Kier alpha value is -3.13. The molecule has 32 heavy (non-hydrogen) atoms. The smallest absolute Gasteiger partial charge is 0.341 e. The van der Waals surface area contributed by atoms with E-state index < -0.39 is 11.4 Å². The summed E-state index contributed by atoms with van der Waals surface area (Å²) >= 11 is 0. The largest absolute Gasteiger partial charge is 0.490 e. The molecule has 0 amide bonds. The molecule has 0 saturated heterocycles. The molecule has 2 aromatic rings. The molecule has 3 rings (SSSR count).